The van der Waals surface area contributed by atoms with Crippen LogP contribution in [0.5, 0.6) is 0 Å². The summed E-state index contributed by atoms with van der Waals surface area (Å²) >= 11 is 0. The van der Waals surface area contributed by atoms with Crippen LogP contribution in [0.3, 0.4) is 0 Å². The number of hydrogen-bond acceptors (Lipinski definition) is 3. The number of carbonyl (C=O) groups excluding carboxylic acids is 1. The third-order valence-corrected chi connectivity index (χ3v) is 4.30. The van der Waals surface area contributed by atoms with Crippen LogP contribution in [0.1, 0.15) is 29.6 Å². The molecule has 1 spiro atoms. The number of hydrogen-bond donors (Lipinski definition) is 1. The summed E-state index contributed by atoms with van der Waals surface area (Å²) in [6.07, 6.45) is 3.15. The Morgan fingerprint density at radius 1 is 1.20 bits per heavy atom. The van der Waals surface area contributed by atoms with Crippen molar-refractivity contribution in [2.75, 3.05) is 32.8 Å². The fourth-order valence-electron chi connectivity index (χ4n) is 3.19. The molecule has 2 heterocycles. The Bertz CT molecular complexity index is 453. The maximum absolute atomic E-state index is 12.6. The molecule has 0 saturated carbocycles. The lowest BCUT2D eigenvalue weighted by atomic mass is 9.92. The summed E-state index contributed by atoms with van der Waals surface area (Å²) in [7, 11) is 0. The number of benzene rings is 1. The fraction of sp³-hybridized carbons (Fsp3) is 0.562. The van der Waals surface area contributed by atoms with Gasteiger partial charge in [0.05, 0.1) is 18.8 Å². The monoisotopic (exact) mass is 274 g/mol. The van der Waals surface area contributed by atoms with Crippen LogP contribution in [0, 0.1) is 0 Å². The highest BCUT2D eigenvalue weighted by Crippen LogP contribution is 2.29. The van der Waals surface area contributed by atoms with Gasteiger partial charge in [-0.25, -0.2) is 0 Å². The van der Waals surface area contributed by atoms with Crippen molar-refractivity contribution in [2.45, 2.75) is 24.9 Å². The van der Waals surface area contributed by atoms with Crippen LogP contribution >= 0.6 is 0 Å². The van der Waals surface area contributed by atoms with Gasteiger partial charge in [-0.3, -0.25) is 4.79 Å². The first-order valence-electron chi connectivity index (χ1n) is 7.48. The molecular weight excluding hydrogens is 252 g/mol. The SMILES string of the molecule is O=C(c1ccccc1)N1CCOC2(CCCNCC2)C1. The van der Waals surface area contributed by atoms with E-state index >= 15 is 0 Å². The molecule has 4 nitrogen and oxygen atoms in total. The molecule has 0 aliphatic carbocycles. The number of carbonyl (C=O) groups is 1. The summed E-state index contributed by atoms with van der Waals surface area (Å²) in [6.45, 7) is 4.11. The molecule has 1 atom stereocenters. The number of morpholine rings is 1. The summed E-state index contributed by atoms with van der Waals surface area (Å²) in [5.74, 6) is 0.130. The molecule has 1 amide bonds. The van der Waals surface area contributed by atoms with Crippen LogP contribution in [-0.4, -0.2) is 49.2 Å². The highest BCUT2D eigenvalue weighted by atomic mass is 16.5. The molecule has 1 unspecified atom stereocenters. The van der Waals surface area contributed by atoms with Crippen LogP contribution in [0.15, 0.2) is 30.3 Å². The Hall–Kier alpha value is -1.39. The first kappa shape index (κ1) is 13.6. The average Bonchev–Trinajstić information content (AvgIpc) is 2.73. The van der Waals surface area contributed by atoms with Crippen molar-refractivity contribution < 1.29 is 9.53 Å². The van der Waals surface area contributed by atoms with Gasteiger partial charge in [-0.15, -0.1) is 0 Å². The zero-order valence-corrected chi connectivity index (χ0v) is 11.8. The van der Waals surface area contributed by atoms with Crippen LogP contribution in [0.25, 0.3) is 0 Å². The van der Waals surface area contributed by atoms with Crippen molar-refractivity contribution in [1.82, 2.24) is 10.2 Å². The summed E-state index contributed by atoms with van der Waals surface area (Å²) < 4.78 is 6.07. The molecule has 3 rings (SSSR count). The largest absolute Gasteiger partial charge is 0.371 e. The molecule has 1 aromatic carbocycles. The lowest BCUT2D eigenvalue weighted by molar-refractivity contribution is -0.105. The van der Waals surface area contributed by atoms with E-state index in [2.05, 4.69) is 5.32 Å². The van der Waals surface area contributed by atoms with E-state index in [9.17, 15) is 4.79 Å². The third-order valence-electron chi connectivity index (χ3n) is 4.30. The Kier molecular flexibility index (Phi) is 4.03. The van der Waals surface area contributed by atoms with E-state index in [0.29, 0.717) is 13.2 Å². The van der Waals surface area contributed by atoms with Crippen molar-refractivity contribution >= 4 is 5.91 Å². The van der Waals surface area contributed by atoms with Gasteiger partial charge in [-0.2, -0.15) is 0 Å². The number of ether oxygens (including phenoxy) is 1. The molecule has 0 aromatic heterocycles. The van der Waals surface area contributed by atoms with Gasteiger partial charge in [0.15, 0.2) is 0 Å². The normalized spacial score (nSPS) is 27.3. The minimum Gasteiger partial charge on any atom is -0.371 e. The average molecular weight is 274 g/mol. The first-order chi connectivity index (χ1) is 9.79. The van der Waals surface area contributed by atoms with E-state index < -0.39 is 0 Å². The topological polar surface area (TPSA) is 41.6 Å². The van der Waals surface area contributed by atoms with Crippen molar-refractivity contribution in [3.05, 3.63) is 35.9 Å². The number of rotatable bonds is 1. The summed E-state index contributed by atoms with van der Waals surface area (Å²) in [4.78, 5) is 14.5. The molecule has 1 N–H and O–H groups in total. The molecule has 108 valence electrons. The van der Waals surface area contributed by atoms with Crippen molar-refractivity contribution in [3.63, 3.8) is 0 Å². The molecule has 2 saturated heterocycles. The molecule has 1 aromatic rings. The second-order valence-electron chi connectivity index (χ2n) is 5.73. The van der Waals surface area contributed by atoms with Crippen LogP contribution < -0.4 is 5.32 Å². The third kappa shape index (κ3) is 2.86. The lowest BCUT2D eigenvalue weighted by Crippen LogP contribution is -2.54. The van der Waals surface area contributed by atoms with Crippen molar-refractivity contribution in [3.8, 4) is 0 Å². The van der Waals surface area contributed by atoms with E-state index in [1.807, 2.05) is 35.2 Å². The maximum Gasteiger partial charge on any atom is 0.254 e. The van der Waals surface area contributed by atoms with E-state index in [1.54, 1.807) is 0 Å². The molecule has 20 heavy (non-hydrogen) atoms. The summed E-state index contributed by atoms with van der Waals surface area (Å²) in [5, 5.41) is 3.41. The molecule has 2 aliphatic rings. The smallest absolute Gasteiger partial charge is 0.254 e. The molecule has 2 fully saturated rings. The second-order valence-corrected chi connectivity index (χ2v) is 5.73. The van der Waals surface area contributed by atoms with Gasteiger partial charge in [0.1, 0.15) is 0 Å². The van der Waals surface area contributed by atoms with Crippen LogP contribution in [-0.2, 0) is 4.74 Å². The lowest BCUT2D eigenvalue weighted by Gasteiger charge is -2.42. The second kappa shape index (κ2) is 5.94. The Morgan fingerprint density at radius 2 is 2.05 bits per heavy atom. The van der Waals surface area contributed by atoms with Crippen molar-refractivity contribution in [2.24, 2.45) is 0 Å². The molecule has 0 radical (unpaired) electrons. The molecule has 2 aliphatic heterocycles. The summed E-state index contributed by atoms with van der Waals surface area (Å²) in [5.41, 5.74) is 0.642. The van der Waals surface area contributed by atoms with E-state index in [4.69, 9.17) is 4.74 Å². The molecular formula is C16H22N2O2. The van der Waals surface area contributed by atoms with Crippen LogP contribution in [0.4, 0.5) is 0 Å². The quantitative estimate of drug-likeness (QED) is 0.847. The minimum absolute atomic E-state index is 0.130. The summed E-state index contributed by atoms with van der Waals surface area (Å²) in [6, 6.07) is 9.55. The maximum atomic E-state index is 12.6. The standard InChI is InChI=1S/C16H22N2O2/c19-15(14-5-2-1-3-6-14)18-11-12-20-16(13-18)7-4-9-17-10-8-16/h1-3,5-6,17H,4,7-13H2. The minimum atomic E-state index is -0.133. The zero-order chi connectivity index (χ0) is 13.8. The number of amides is 1. The fourth-order valence-corrected chi connectivity index (χ4v) is 3.19. The highest BCUT2D eigenvalue weighted by Gasteiger charge is 2.38. The first-order valence-corrected chi connectivity index (χ1v) is 7.48. The van der Waals surface area contributed by atoms with Gasteiger partial charge >= 0.3 is 0 Å². The highest BCUT2D eigenvalue weighted by molar-refractivity contribution is 5.94. The van der Waals surface area contributed by atoms with E-state index in [-0.39, 0.29) is 11.5 Å². The number of nitrogens with zero attached hydrogens (tertiary/aromatic N) is 1. The van der Waals surface area contributed by atoms with E-state index in [1.165, 1.54) is 0 Å². The predicted octanol–water partition coefficient (Wildman–Crippen LogP) is 1.67. The van der Waals surface area contributed by atoms with Gasteiger partial charge in [-0.1, -0.05) is 18.2 Å². The van der Waals surface area contributed by atoms with E-state index in [0.717, 1.165) is 44.5 Å². The molecule has 4 heteroatoms. The van der Waals surface area contributed by atoms with Gasteiger partial charge < -0.3 is 15.0 Å². The van der Waals surface area contributed by atoms with Gasteiger partial charge in [0, 0.05) is 12.1 Å². The molecule has 0 bridgehead atoms. The Morgan fingerprint density at radius 3 is 2.90 bits per heavy atom. The van der Waals surface area contributed by atoms with Gasteiger partial charge in [-0.05, 0) is 44.5 Å². The van der Waals surface area contributed by atoms with Crippen molar-refractivity contribution in [1.29, 1.82) is 0 Å². The predicted molar refractivity (Wildman–Crippen MR) is 77.7 cm³/mol. The number of nitrogens with one attached hydrogen (secondary N) is 1. The Balaban J connectivity index is 1.73. The van der Waals surface area contributed by atoms with Gasteiger partial charge in [0.2, 0.25) is 0 Å². The van der Waals surface area contributed by atoms with Gasteiger partial charge in [0.25, 0.3) is 5.91 Å². The zero-order valence-electron chi connectivity index (χ0n) is 11.8. The Labute approximate surface area is 120 Å². The van der Waals surface area contributed by atoms with Crippen LogP contribution in [0.2, 0.25) is 0 Å².